The summed E-state index contributed by atoms with van der Waals surface area (Å²) in [6.45, 7) is 7.59. The van der Waals surface area contributed by atoms with Gasteiger partial charge < -0.3 is 15.3 Å². The van der Waals surface area contributed by atoms with Gasteiger partial charge in [-0.05, 0) is 59.8 Å². The normalized spacial score (nSPS) is 43.1. The van der Waals surface area contributed by atoms with Crippen molar-refractivity contribution < 1.29 is 29.7 Å². The molecule has 2 bridgehead atoms. The fourth-order valence-electron chi connectivity index (χ4n) is 7.99. The molecule has 2 saturated carbocycles. The third kappa shape index (κ3) is 2.49. The highest BCUT2D eigenvalue weighted by Crippen LogP contribution is 2.71. The van der Waals surface area contributed by atoms with Gasteiger partial charge in [-0.25, -0.2) is 0 Å². The summed E-state index contributed by atoms with van der Waals surface area (Å²) in [7, 11) is 0. The van der Waals surface area contributed by atoms with Gasteiger partial charge in [0.2, 0.25) is 0 Å². The molecule has 1 spiro atoms. The number of benzene rings is 1. The number of fused-ring (bicyclic) bond motifs is 4. The molecule has 0 radical (unpaired) electrons. The number of hydrogen-bond donors (Lipinski definition) is 3. The van der Waals surface area contributed by atoms with Gasteiger partial charge in [0.25, 0.3) is 11.8 Å². The van der Waals surface area contributed by atoms with Gasteiger partial charge in [0, 0.05) is 5.92 Å². The number of amides is 2. The zero-order valence-electron chi connectivity index (χ0n) is 20.4. The molecule has 1 aromatic rings. The number of nitrogens with zero attached hydrogens (tertiary/aromatic N) is 1. The summed E-state index contributed by atoms with van der Waals surface area (Å²) < 4.78 is 0. The van der Waals surface area contributed by atoms with Crippen molar-refractivity contribution in [2.75, 3.05) is 6.54 Å². The van der Waals surface area contributed by atoms with E-state index in [9.17, 15) is 29.7 Å². The van der Waals surface area contributed by atoms with Crippen molar-refractivity contribution in [1.82, 2.24) is 4.90 Å². The number of carbonyl (C=O) groups is 3. The molecule has 2 amide bonds. The zero-order chi connectivity index (χ0) is 25.2. The molecule has 184 valence electrons. The maximum absolute atomic E-state index is 14.3. The summed E-state index contributed by atoms with van der Waals surface area (Å²) in [4.78, 5) is 41.5. The van der Waals surface area contributed by atoms with Gasteiger partial charge in [-0.3, -0.25) is 19.3 Å². The average Bonchev–Trinajstić information content (AvgIpc) is 3.22. The first kappa shape index (κ1) is 22.8. The average molecular weight is 478 g/mol. The van der Waals surface area contributed by atoms with Crippen LogP contribution in [0.3, 0.4) is 0 Å². The number of ketones is 1. The van der Waals surface area contributed by atoms with Crippen LogP contribution in [0.5, 0.6) is 0 Å². The number of carbonyl (C=O) groups excluding carboxylic acids is 3. The lowest BCUT2D eigenvalue weighted by atomic mass is 9.59. The van der Waals surface area contributed by atoms with Gasteiger partial charge in [-0.1, -0.05) is 45.1 Å². The number of imide groups is 1. The molecule has 1 aliphatic heterocycles. The van der Waals surface area contributed by atoms with E-state index in [1.807, 2.05) is 6.92 Å². The van der Waals surface area contributed by atoms with Crippen molar-refractivity contribution >= 4 is 17.6 Å². The number of Topliss-reactive ketones (excluding diaryl/α,β-unsaturated/α-hetero) is 1. The molecule has 1 heterocycles. The second-order valence-electron chi connectivity index (χ2n) is 11.9. The Kier molecular flexibility index (Phi) is 4.42. The van der Waals surface area contributed by atoms with Crippen molar-refractivity contribution in [3.8, 4) is 0 Å². The minimum Gasteiger partial charge on any atom is -0.386 e. The summed E-state index contributed by atoms with van der Waals surface area (Å²) >= 11 is 0. The third-order valence-electron chi connectivity index (χ3n) is 9.97. The summed E-state index contributed by atoms with van der Waals surface area (Å²) in [6.07, 6.45) is 0.986. The van der Waals surface area contributed by atoms with Crippen molar-refractivity contribution in [1.29, 1.82) is 0 Å². The summed E-state index contributed by atoms with van der Waals surface area (Å²) in [5.41, 5.74) is -2.48. The molecule has 3 N–H and O–H groups in total. The van der Waals surface area contributed by atoms with E-state index in [4.69, 9.17) is 0 Å². The monoisotopic (exact) mass is 477 g/mol. The highest BCUT2D eigenvalue weighted by atomic mass is 16.4. The minimum atomic E-state index is -2.19. The molecule has 2 fully saturated rings. The van der Waals surface area contributed by atoms with E-state index in [0.29, 0.717) is 23.1 Å². The van der Waals surface area contributed by atoms with Gasteiger partial charge in [-0.15, -0.1) is 0 Å². The number of rotatable bonds is 2. The molecule has 4 aliphatic carbocycles. The SMILES string of the molecule is CC1=C[C@]23C(=O)[C@@H](C=C(CN4C(=O)c5ccccc5C4=O)[C@@H](O)[C@]2(O)[C@H]1O)[C@H]1[C@@H](C[C@H]3C)C1(C)C. The van der Waals surface area contributed by atoms with E-state index in [2.05, 4.69) is 13.8 Å². The van der Waals surface area contributed by atoms with Crippen molar-refractivity contribution in [3.05, 3.63) is 58.7 Å². The molecular weight excluding hydrogens is 446 g/mol. The van der Waals surface area contributed by atoms with Crippen LogP contribution in [0.2, 0.25) is 0 Å². The zero-order valence-corrected chi connectivity index (χ0v) is 20.4. The molecule has 7 nitrogen and oxygen atoms in total. The van der Waals surface area contributed by atoms with E-state index in [1.54, 1.807) is 43.3 Å². The Bertz CT molecular complexity index is 1230. The minimum absolute atomic E-state index is 0.0232. The van der Waals surface area contributed by atoms with E-state index < -0.39 is 41.0 Å². The first-order valence-electron chi connectivity index (χ1n) is 12.4. The lowest BCUT2D eigenvalue weighted by Gasteiger charge is -2.48. The summed E-state index contributed by atoms with van der Waals surface area (Å²) in [5, 5.41) is 35.0. The second-order valence-corrected chi connectivity index (χ2v) is 11.9. The van der Waals surface area contributed by atoms with Gasteiger partial charge in [0.05, 0.1) is 23.1 Å². The van der Waals surface area contributed by atoms with E-state index in [0.717, 1.165) is 4.90 Å². The molecule has 0 unspecified atom stereocenters. The molecule has 7 heteroatoms. The maximum atomic E-state index is 14.3. The molecule has 5 aliphatic rings. The van der Waals surface area contributed by atoms with Gasteiger partial charge in [0.15, 0.2) is 5.78 Å². The Labute approximate surface area is 204 Å². The lowest BCUT2D eigenvalue weighted by molar-refractivity contribution is -0.189. The standard InChI is InChI=1S/C28H31NO6/c1-13-11-27-14(2)9-19-20(26(19,3)4)18(23(27)32)10-15(22(31)28(27,35)21(13)30)12-29-24(33)16-7-5-6-8-17(16)25(29)34/h5-8,10-11,14,18-22,30-31,35H,9,12H2,1-4H3/t14-,18+,19-,20+,21+,22-,27+,28-/m1/s1. The second kappa shape index (κ2) is 6.78. The maximum Gasteiger partial charge on any atom is 0.261 e. The Balaban J connectivity index is 1.49. The Morgan fingerprint density at radius 3 is 2.23 bits per heavy atom. The molecule has 35 heavy (non-hydrogen) atoms. The molecule has 8 atom stereocenters. The van der Waals surface area contributed by atoms with Crippen molar-refractivity contribution in [2.24, 2.45) is 34.5 Å². The molecule has 0 saturated heterocycles. The summed E-state index contributed by atoms with van der Waals surface area (Å²) in [6, 6.07) is 6.55. The third-order valence-corrected chi connectivity index (χ3v) is 9.97. The Morgan fingerprint density at radius 1 is 1.03 bits per heavy atom. The predicted octanol–water partition coefficient (Wildman–Crippen LogP) is 2.12. The molecule has 6 rings (SSSR count). The van der Waals surface area contributed by atoms with Gasteiger partial charge in [0.1, 0.15) is 17.8 Å². The predicted molar refractivity (Wildman–Crippen MR) is 126 cm³/mol. The topological polar surface area (TPSA) is 115 Å². The van der Waals surface area contributed by atoms with Crippen LogP contribution in [0.4, 0.5) is 0 Å². The van der Waals surface area contributed by atoms with Crippen LogP contribution < -0.4 is 0 Å². The number of hydrogen-bond acceptors (Lipinski definition) is 6. The molecule has 1 aromatic carbocycles. The number of aliphatic hydroxyl groups excluding tert-OH is 2. The van der Waals surface area contributed by atoms with Crippen LogP contribution in [-0.2, 0) is 4.79 Å². The largest absolute Gasteiger partial charge is 0.386 e. The van der Waals surface area contributed by atoms with Crippen molar-refractivity contribution in [2.45, 2.75) is 51.9 Å². The highest BCUT2D eigenvalue weighted by molar-refractivity contribution is 6.21. The fourth-order valence-corrected chi connectivity index (χ4v) is 7.99. The van der Waals surface area contributed by atoms with Crippen LogP contribution in [0.15, 0.2) is 47.6 Å². The first-order chi connectivity index (χ1) is 16.4. The van der Waals surface area contributed by atoms with Crippen LogP contribution in [0.1, 0.15) is 54.8 Å². The number of allylic oxidation sites excluding steroid dienone is 1. The first-order valence-corrected chi connectivity index (χ1v) is 12.4. The lowest BCUT2D eigenvalue weighted by Crippen LogP contribution is -2.65. The van der Waals surface area contributed by atoms with Gasteiger partial charge >= 0.3 is 0 Å². The van der Waals surface area contributed by atoms with Crippen LogP contribution in [0.25, 0.3) is 0 Å². The Hall–Kier alpha value is -2.61. The smallest absolute Gasteiger partial charge is 0.261 e. The van der Waals surface area contributed by atoms with Crippen molar-refractivity contribution in [3.63, 3.8) is 0 Å². The quantitative estimate of drug-likeness (QED) is 0.444. The molecule has 0 aromatic heterocycles. The van der Waals surface area contributed by atoms with Crippen LogP contribution in [-0.4, -0.2) is 62.2 Å². The van der Waals surface area contributed by atoms with Crippen LogP contribution >= 0.6 is 0 Å². The van der Waals surface area contributed by atoms with Gasteiger partial charge in [-0.2, -0.15) is 0 Å². The fraction of sp³-hybridized carbons (Fsp3) is 0.536. The van der Waals surface area contributed by atoms with E-state index >= 15 is 0 Å². The summed E-state index contributed by atoms with van der Waals surface area (Å²) in [5.74, 6) is -1.77. The van der Waals surface area contributed by atoms with E-state index in [1.165, 1.54) is 0 Å². The highest BCUT2D eigenvalue weighted by Gasteiger charge is 2.75. The van der Waals surface area contributed by atoms with Crippen LogP contribution in [0, 0.1) is 34.5 Å². The molecular formula is C28H31NO6. The van der Waals surface area contributed by atoms with E-state index in [-0.39, 0.29) is 41.1 Å². The number of aliphatic hydroxyl groups is 3. The Morgan fingerprint density at radius 2 is 1.63 bits per heavy atom.